The minimum Gasteiger partial charge on any atom is -0.452 e. The normalized spacial score (nSPS) is 22.6. The van der Waals surface area contributed by atoms with Crippen LogP contribution in [0, 0.1) is 11.8 Å². The molecule has 1 saturated carbocycles. The van der Waals surface area contributed by atoms with Gasteiger partial charge in [0.2, 0.25) is 0 Å². The first-order chi connectivity index (χ1) is 12.5. The van der Waals surface area contributed by atoms with E-state index in [2.05, 4.69) is 29.2 Å². The summed E-state index contributed by atoms with van der Waals surface area (Å²) >= 11 is 0. The molecule has 0 unspecified atom stereocenters. The number of hydrogen-bond acceptors (Lipinski definition) is 5. The number of nitrogens with one attached hydrogen (secondary N) is 1. The third kappa shape index (κ3) is 4.28. The smallest absolute Gasteiger partial charge is 0.338 e. The highest BCUT2D eigenvalue weighted by molar-refractivity contribution is 5.91. The summed E-state index contributed by atoms with van der Waals surface area (Å²) in [6, 6.07) is 6.93. The van der Waals surface area contributed by atoms with Gasteiger partial charge in [-0.3, -0.25) is 4.79 Å². The van der Waals surface area contributed by atoms with E-state index < -0.39 is 5.97 Å². The van der Waals surface area contributed by atoms with Gasteiger partial charge in [-0.05, 0) is 42.5 Å². The zero-order valence-corrected chi connectivity index (χ0v) is 15.1. The highest BCUT2D eigenvalue weighted by atomic mass is 16.5. The first-order valence-corrected chi connectivity index (χ1v) is 8.96. The van der Waals surface area contributed by atoms with Crippen LogP contribution < -0.4 is 5.32 Å². The van der Waals surface area contributed by atoms with Crippen molar-refractivity contribution in [3.8, 4) is 5.69 Å². The summed E-state index contributed by atoms with van der Waals surface area (Å²) in [6.07, 6.45) is 6.32. The van der Waals surface area contributed by atoms with Crippen LogP contribution in [-0.4, -0.2) is 39.3 Å². The number of carbonyl (C=O) groups excluding carboxylic acids is 2. The Hall–Kier alpha value is -2.70. The predicted molar refractivity (Wildman–Crippen MR) is 95.8 cm³/mol. The summed E-state index contributed by atoms with van der Waals surface area (Å²) in [4.78, 5) is 28.1. The molecular formula is C19H24N4O3. The molecule has 7 heteroatoms. The topological polar surface area (TPSA) is 86.1 Å². The van der Waals surface area contributed by atoms with Gasteiger partial charge in [-0.1, -0.05) is 26.7 Å². The second kappa shape index (κ2) is 8.12. The van der Waals surface area contributed by atoms with Crippen LogP contribution in [-0.2, 0) is 9.53 Å². The maximum atomic E-state index is 12.1. The number of rotatable bonds is 5. The van der Waals surface area contributed by atoms with Crippen molar-refractivity contribution in [2.75, 3.05) is 6.61 Å². The van der Waals surface area contributed by atoms with Crippen molar-refractivity contribution in [3.05, 3.63) is 42.5 Å². The molecule has 1 aliphatic carbocycles. The SMILES string of the molecule is C[C@@H]1[C@H](C)CCC[C@@H]1NC(=O)COC(=O)c1ccc(-n2cncn2)cc1. The van der Waals surface area contributed by atoms with E-state index >= 15 is 0 Å². The van der Waals surface area contributed by atoms with Crippen LogP contribution >= 0.6 is 0 Å². The highest BCUT2D eigenvalue weighted by Crippen LogP contribution is 2.29. The first kappa shape index (κ1) is 18.1. The van der Waals surface area contributed by atoms with Crippen LogP contribution in [0.2, 0.25) is 0 Å². The summed E-state index contributed by atoms with van der Waals surface area (Å²) < 4.78 is 6.73. The van der Waals surface area contributed by atoms with E-state index in [-0.39, 0.29) is 18.6 Å². The van der Waals surface area contributed by atoms with E-state index in [1.165, 1.54) is 12.7 Å². The molecule has 1 amide bonds. The van der Waals surface area contributed by atoms with Crippen molar-refractivity contribution in [3.63, 3.8) is 0 Å². The number of aromatic nitrogens is 3. The van der Waals surface area contributed by atoms with Crippen molar-refractivity contribution in [2.45, 2.75) is 39.2 Å². The maximum Gasteiger partial charge on any atom is 0.338 e. The van der Waals surface area contributed by atoms with Gasteiger partial charge >= 0.3 is 5.97 Å². The monoisotopic (exact) mass is 356 g/mol. The van der Waals surface area contributed by atoms with Gasteiger partial charge in [-0.2, -0.15) is 5.10 Å². The van der Waals surface area contributed by atoms with Gasteiger partial charge in [0.1, 0.15) is 12.7 Å². The fourth-order valence-corrected chi connectivity index (χ4v) is 3.34. The highest BCUT2D eigenvalue weighted by Gasteiger charge is 2.28. The fraction of sp³-hybridized carbons (Fsp3) is 0.474. The number of carbonyl (C=O) groups is 2. The van der Waals surface area contributed by atoms with E-state index in [4.69, 9.17) is 4.74 Å². The van der Waals surface area contributed by atoms with E-state index in [0.717, 1.165) is 18.5 Å². The average molecular weight is 356 g/mol. The van der Waals surface area contributed by atoms with Crippen molar-refractivity contribution in [2.24, 2.45) is 11.8 Å². The van der Waals surface area contributed by atoms with E-state index in [9.17, 15) is 9.59 Å². The van der Waals surface area contributed by atoms with Crippen molar-refractivity contribution >= 4 is 11.9 Å². The lowest BCUT2D eigenvalue weighted by atomic mass is 9.78. The summed E-state index contributed by atoms with van der Waals surface area (Å²) in [5.74, 6) is 0.270. The second-order valence-electron chi connectivity index (χ2n) is 6.90. The van der Waals surface area contributed by atoms with Crippen LogP contribution in [0.3, 0.4) is 0 Å². The maximum absolute atomic E-state index is 12.1. The van der Waals surface area contributed by atoms with Crippen molar-refractivity contribution in [1.82, 2.24) is 20.1 Å². The molecule has 138 valence electrons. The lowest BCUT2D eigenvalue weighted by molar-refractivity contribution is -0.125. The molecule has 0 radical (unpaired) electrons. The molecule has 1 N–H and O–H groups in total. The Kier molecular flexibility index (Phi) is 5.65. The lowest BCUT2D eigenvalue weighted by Gasteiger charge is -2.34. The zero-order chi connectivity index (χ0) is 18.5. The number of hydrogen-bond donors (Lipinski definition) is 1. The molecule has 3 rings (SSSR count). The third-order valence-corrected chi connectivity index (χ3v) is 5.17. The Labute approximate surface area is 152 Å². The second-order valence-corrected chi connectivity index (χ2v) is 6.90. The van der Waals surface area contributed by atoms with Crippen LogP contribution in [0.1, 0.15) is 43.5 Å². The van der Waals surface area contributed by atoms with E-state index in [1.807, 2.05) is 0 Å². The number of nitrogens with zero attached hydrogens (tertiary/aromatic N) is 3. The fourth-order valence-electron chi connectivity index (χ4n) is 3.34. The Bertz CT molecular complexity index is 743. The molecule has 1 aromatic carbocycles. The van der Waals surface area contributed by atoms with Crippen molar-refractivity contribution in [1.29, 1.82) is 0 Å². The lowest BCUT2D eigenvalue weighted by Crippen LogP contribution is -2.45. The van der Waals surface area contributed by atoms with E-state index in [0.29, 0.717) is 17.4 Å². The minimum atomic E-state index is -0.518. The van der Waals surface area contributed by atoms with Crippen LogP contribution in [0.15, 0.2) is 36.9 Å². The van der Waals surface area contributed by atoms with Crippen LogP contribution in [0.5, 0.6) is 0 Å². The molecular weight excluding hydrogens is 332 g/mol. The van der Waals surface area contributed by atoms with Crippen LogP contribution in [0.4, 0.5) is 0 Å². The molecule has 26 heavy (non-hydrogen) atoms. The number of benzene rings is 1. The summed E-state index contributed by atoms with van der Waals surface area (Å²) in [5, 5.41) is 7.02. The van der Waals surface area contributed by atoms with Gasteiger partial charge in [-0.15, -0.1) is 0 Å². The Morgan fingerprint density at radius 2 is 2.00 bits per heavy atom. The molecule has 1 aromatic heterocycles. The van der Waals surface area contributed by atoms with Gasteiger partial charge in [0.25, 0.3) is 5.91 Å². The van der Waals surface area contributed by atoms with Gasteiger partial charge < -0.3 is 10.1 Å². The van der Waals surface area contributed by atoms with E-state index in [1.54, 1.807) is 35.3 Å². The summed E-state index contributed by atoms with van der Waals surface area (Å²) in [7, 11) is 0. The number of esters is 1. The Balaban J connectivity index is 1.49. The number of ether oxygens (including phenoxy) is 1. The van der Waals surface area contributed by atoms with Gasteiger partial charge in [0.15, 0.2) is 6.61 Å². The van der Waals surface area contributed by atoms with Crippen LogP contribution in [0.25, 0.3) is 5.69 Å². The molecule has 0 spiro atoms. The molecule has 1 aliphatic rings. The molecule has 3 atom stereocenters. The van der Waals surface area contributed by atoms with Gasteiger partial charge in [0.05, 0.1) is 11.3 Å². The van der Waals surface area contributed by atoms with Crippen molar-refractivity contribution < 1.29 is 14.3 Å². The molecule has 0 saturated heterocycles. The number of amides is 1. The minimum absolute atomic E-state index is 0.159. The molecule has 0 aliphatic heterocycles. The largest absolute Gasteiger partial charge is 0.452 e. The predicted octanol–water partition coefficient (Wildman–Crippen LogP) is 2.37. The Morgan fingerprint density at radius 1 is 1.23 bits per heavy atom. The molecule has 2 aromatic rings. The molecule has 1 heterocycles. The average Bonchev–Trinajstić information content (AvgIpc) is 3.18. The summed E-state index contributed by atoms with van der Waals surface area (Å²) in [6.45, 7) is 4.12. The molecule has 7 nitrogen and oxygen atoms in total. The Morgan fingerprint density at radius 3 is 2.69 bits per heavy atom. The first-order valence-electron chi connectivity index (χ1n) is 8.96. The van der Waals surface area contributed by atoms with Gasteiger partial charge in [0, 0.05) is 6.04 Å². The quantitative estimate of drug-likeness (QED) is 0.831. The standard InChI is InChI=1S/C19H24N4O3/c1-13-4-3-5-17(14(13)2)22-18(24)10-26-19(25)15-6-8-16(9-7-15)23-12-20-11-21-23/h6-9,11-14,17H,3-5,10H2,1-2H3,(H,22,24)/t13-,14-,17+/m1/s1. The molecule has 1 fully saturated rings. The summed E-state index contributed by atoms with van der Waals surface area (Å²) in [5.41, 5.74) is 1.18. The zero-order valence-electron chi connectivity index (χ0n) is 15.1. The third-order valence-electron chi connectivity index (χ3n) is 5.17. The van der Waals surface area contributed by atoms with Gasteiger partial charge in [-0.25, -0.2) is 14.5 Å². The molecule has 0 bridgehead atoms.